The summed E-state index contributed by atoms with van der Waals surface area (Å²) in [6.07, 6.45) is 3.67. The van der Waals surface area contributed by atoms with E-state index in [0.29, 0.717) is 36.4 Å². The third-order valence-corrected chi connectivity index (χ3v) is 6.16. The van der Waals surface area contributed by atoms with Crippen molar-refractivity contribution >= 4 is 28.7 Å². The van der Waals surface area contributed by atoms with Crippen molar-refractivity contribution < 1.29 is 27.8 Å². The molecule has 0 saturated heterocycles. The van der Waals surface area contributed by atoms with Gasteiger partial charge in [-0.1, -0.05) is 0 Å². The number of halogens is 2. The third kappa shape index (κ3) is 4.67. The summed E-state index contributed by atoms with van der Waals surface area (Å²) in [4.78, 5) is 29.8. The monoisotopic (exact) mass is 507 g/mol. The molecule has 9 nitrogen and oxygen atoms in total. The van der Waals surface area contributed by atoms with E-state index in [2.05, 4.69) is 20.7 Å². The Balaban J connectivity index is 1.30. The Morgan fingerprint density at radius 1 is 1.03 bits per heavy atom. The molecule has 5 rings (SSSR count). The number of nitrogens with zero attached hydrogens (tertiary/aromatic N) is 3. The average Bonchev–Trinajstić information content (AvgIpc) is 3.63. The van der Waals surface area contributed by atoms with E-state index in [1.165, 1.54) is 42.7 Å². The number of amides is 2. The van der Waals surface area contributed by atoms with Gasteiger partial charge in [-0.3, -0.25) is 9.59 Å². The highest BCUT2D eigenvalue weighted by molar-refractivity contribution is 6.16. The molecule has 1 aliphatic rings. The third-order valence-electron chi connectivity index (χ3n) is 6.16. The SMILES string of the molecule is CCOc1cn2ncnc(Oc3ccc(NC(=O)C4(C(=O)Nc5ccc(F)cc5)CC4)cc3F)c2c1C. The van der Waals surface area contributed by atoms with Crippen LogP contribution in [0.25, 0.3) is 5.52 Å². The molecule has 0 radical (unpaired) electrons. The number of hydrogen-bond donors (Lipinski definition) is 2. The zero-order valence-corrected chi connectivity index (χ0v) is 20.0. The minimum absolute atomic E-state index is 0.104. The van der Waals surface area contributed by atoms with Crippen LogP contribution in [-0.4, -0.2) is 33.0 Å². The predicted octanol–water partition coefficient (Wildman–Crippen LogP) is 4.86. The van der Waals surface area contributed by atoms with Crippen LogP contribution in [0.2, 0.25) is 0 Å². The lowest BCUT2D eigenvalue weighted by atomic mass is 10.0. The molecule has 2 aromatic carbocycles. The van der Waals surface area contributed by atoms with Crippen LogP contribution < -0.4 is 20.1 Å². The molecule has 11 heteroatoms. The van der Waals surface area contributed by atoms with Gasteiger partial charge in [-0.2, -0.15) is 10.1 Å². The largest absolute Gasteiger partial charge is 0.492 e. The maximum absolute atomic E-state index is 14.9. The highest BCUT2D eigenvalue weighted by Crippen LogP contribution is 2.47. The first-order valence-electron chi connectivity index (χ1n) is 11.6. The standard InChI is InChI=1S/C26H23F2N5O4/c1-3-36-21-13-33-22(15(21)2)23(29-14-30-33)37-20-9-8-18(12-19(20)28)32-25(35)26(10-11-26)24(34)31-17-6-4-16(27)5-7-17/h4-9,12-14H,3,10-11H2,1-2H3,(H,31,34)(H,32,35). The van der Waals surface area contributed by atoms with Crippen LogP contribution in [0.4, 0.5) is 20.2 Å². The Labute approximate surface area is 210 Å². The van der Waals surface area contributed by atoms with E-state index in [0.717, 1.165) is 11.6 Å². The van der Waals surface area contributed by atoms with Gasteiger partial charge in [0, 0.05) is 23.0 Å². The molecule has 2 heterocycles. The van der Waals surface area contributed by atoms with Crippen LogP contribution in [0, 0.1) is 24.0 Å². The average molecular weight is 507 g/mol. The summed E-state index contributed by atoms with van der Waals surface area (Å²) in [5.74, 6) is -1.57. The van der Waals surface area contributed by atoms with Gasteiger partial charge in [0.05, 0.1) is 12.8 Å². The van der Waals surface area contributed by atoms with E-state index >= 15 is 0 Å². The van der Waals surface area contributed by atoms with E-state index in [9.17, 15) is 18.4 Å². The number of carbonyl (C=O) groups is 2. The number of aryl methyl sites for hydroxylation is 1. The molecular formula is C26H23F2N5O4. The molecule has 1 fully saturated rings. The van der Waals surface area contributed by atoms with Crippen LogP contribution in [0.5, 0.6) is 17.4 Å². The van der Waals surface area contributed by atoms with Gasteiger partial charge < -0.3 is 20.1 Å². The Morgan fingerprint density at radius 2 is 1.70 bits per heavy atom. The first-order valence-corrected chi connectivity index (χ1v) is 11.6. The number of hydrogen-bond acceptors (Lipinski definition) is 6. The number of ether oxygens (including phenoxy) is 2. The van der Waals surface area contributed by atoms with E-state index in [4.69, 9.17) is 9.47 Å². The molecule has 2 amide bonds. The fourth-order valence-corrected chi connectivity index (χ4v) is 3.96. The highest BCUT2D eigenvalue weighted by Gasteiger charge is 2.56. The van der Waals surface area contributed by atoms with Crippen molar-refractivity contribution in [3.8, 4) is 17.4 Å². The Hall–Kier alpha value is -4.54. The quantitative estimate of drug-likeness (QED) is 0.330. The van der Waals surface area contributed by atoms with Gasteiger partial charge in [-0.25, -0.2) is 13.3 Å². The van der Waals surface area contributed by atoms with Crippen LogP contribution in [0.15, 0.2) is 55.0 Å². The van der Waals surface area contributed by atoms with Gasteiger partial charge in [0.15, 0.2) is 11.6 Å². The summed E-state index contributed by atoms with van der Waals surface area (Å²) >= 11 is 0. The van der Waals surface area contributed by atoms with Crippen molar-refractivity contribution in [1.29, 1.82) is 0 Å². The molecule has 37 heavy (non-hydrogen) atoms. The van der Waals surface area contributed by atoms with E-state index in [1.807, 2.05) is 13.8 Å². The first-order chi connectivity index (χ1) is 17.8. The van der Waals surface area contributed by atoms with Crippen LogP contribution in [-0.2, 0) is 9.59 Å². The smallest absolute Gasteiger partial charge is 0.247 e. The topological polar surface area (TPSA) is 107 Å². The van der Waals surface area contributed by atoms with Gasteiger partial charge in [0.1, 0.15) is 28.8 Å². The summed E-state index contributed by atoms with van der Waals surface area (Å²) in [6.45, 7) is 4.16. The van der Waals surface area contributed by atoms with E-state index < -0.39 is 28.9 Å². The summed E-state index contributed by atoms with van der Waals surface area (Å²) in [7, 11) is 0. The van der Waals surface area contributed by atoms with Crippen LogP contribution in [0.3, 0.4) is 0 Å². The maximum atomic E-state index is 14.9. The minimum Gasteiger partial charge on any atom is -0.492 e. The molecule has 1 saturated carbocycles. The van der Waals surface area contributed by atoms with Gasteiger partial charge in [0.2, 0.25) is 17.7 Å². The number of carbonyl (C=O) groups excluding carboxylic acids is 2. The molecule has 0 atom stereocenters. The van der Waals surface area contributed by atoms with Crippen molar-refractivity contribution in [2.24, 2.45) is 5.41 Å². The number of rotatable bonds is 8. The number of aromatic nitrogens is 3. The molecule has 2 N–H and O–H groups in total. The zero-order chi connectivity index (χ0) is 26.2. The molecule has 0 bridgehead atoms. The molecule has 4 aromatic rings. The second kappa shape index (κ2) is 9.49. The second-order valence-electron chi connectivity index (χ2n) is 8.65. The lowest BCUT2D eigenvalue weighted by Gasteiger charge is -2.16. The normalized spacial score (nSPS) is 13.7. The molecule has 2 aromatic heterocycles. The summed E-state index contributed by atoms with van der Waals surface area (Å²) in [5, 5.41) is 9.38. The molecule has 0 unspecified atom stereocenters. The summed E-state index contributed by atoms with van der Waals surface area (Å²) < 4.78 is 40.9. The van der Waals surface area contributed by atoms with Crippen molar-refractivity contribution in [1.82, 2.24) is 14.6 Å². The Morgan fingerprint density at radius 3 is 2.35 bits per heavy atom. The fourth-order valence-electron chi connectivity index (χ4n) is 3.96. The van der Waals surface area contributed by atoms with Gasteiger partial charge in [-0.05, 0) is 63.1 Å². The minimum atomic E-state index is -1.27. The number of benzene rings is 2. The van der Waals surface area contributed by atoms with Crippen molar-refractivity contribution in [2.45, 2.75) is 26.7 Å². The fraction of sp³-hybridized carbons (Fsp3) is 0.231. The number of anilines is 2. The lowest BCUT2D eigenvalue weighted by Crippen LogP contribution is -2.35. The summed E-state index contributed by atoms with van der Waals surface area (Å²) in [5.41, 5.74) is 0.558. The number of nitrogens with one attached hydrogen (secondary N) is 2. The molecule has 190 valence electrons. The molecule has 0 aliphatic heterocycles. The van der Waals surface area contributed by atoms with Gasteiger partial charge in [-0.15, -0.1) is 0 Å². The zero-order valence-electron chi connectivity index (χ0n) is 20.0. The number of fused-ring (bicyclic) bond motifs is 1. The van der Waals surface area contributed by atoms with Gasteiger partial charge >= 0.3 is 0 Å². The van der Waals surface area contributed by atoms with Crippen molar-refractivity contribution in [3.63, 3.8) is 0 Å². The summed E-state index contributed by atoms with van der Waals surface area (Å²) in [6, 6.07) is 9.19. The molecule has 1 aliphatic carbocycles. The first kappa shape index (κ1) is 24.2. The van der Waals surface area contributed by atoms with Crippen molar-refractivity contribution in [3.05, 3.63) is 72.2 Å². The second-order valence-corrected chi connectivity index (χ2v) is 8.65. The Kier molecular flexibility index (Phi) is 6.20. The Bertz CT molecular complexity index is 1500. The van der Waals surface area contributed by atoms with E-state index in [-0.39, 0.29) is 17.3 Å². The predicted molar refractivity (Wildman–Crippen MR) is 131 cm³/mol. The van der Waals surface area contributed by atoms with Gasteiger partial charge in [0.25, 0.3) is 0 Å². The lowest BCUT2D eigenvalue weighted by molar-refractivity contribution is -0.131. The molecular weight excluding hydrogens is 484 g/mol. The highest BCUT2D eigenvalue weighted by atomic mass is 19.1. The van der Waals surface area contributed by atoms with E-state index in [1.54, 1.807) is 10.7 Å². The maximum Gasteiger partial charge on any atom is 0.247 e. The van der Waals surface area contributed by atoms with Crippen LogP contribution in [0.1, 0.15) is 25.3 Å². The van der Waals surface area contributed by atoms with Crippen LogP contribution >= 0.6 is 0 Å². The van der Waals surface area contributed by atoms with Crippen molar-refractivity contribution in [2.75, 3.05) is 17.2 Å². The molecule has 0 spiro atoms.